The Morgan fingerprint density at radius 3 is 2.31 bits per heavy atom. The molecule has 1 amide bonds. The second-order valence-corrected chi connectivity index (χ2v) is 8.24. The van der Waals surface area contributed by atoms with Gasteiger partial charge in [0.25, 0.3) is 0 Å². The fourth-order valence-corrected chi connectivity index (χ4v) is 3.38. The van der Waals surface area contributed by atoms with E-state index >= 15 is 0 Å². The van der Waals surface area contributed by atoms with Gasteiger partial charge in [0.2, 0.25) is 15.9 Å². The third-order valence-electron chi connectivity index (χ3n) is 3.45. The minimum Gasteiger partial charge on any atom is -0.495 e. The Labute approximate surface area is 162 Å². The van der Waals surface area contributed by atoms with Gasteiger partial charge in [0.1, 0.15) is 5.75 Å². The van der Waals surface area contributed by atoms with Crippen LogP contribution in [0.5, 0.6) is 5.75 Å². The predicted octanol–water partition coefficient (Wildman–Crippen LogP) is 3.62. The van der Waals surface area contributed by atoms with Crippen LogP contribution in [-0.2, 0) is 14.8 Å². The molecule has 0 aliphatic carbocycles. The van der Waals surface area contributed by atoms with Crippen molar-refractivity contribution in [1.82, 2.24) is 4.72 Å². The average Bonchev–Trinajstić information content (AvgIpc) is 2.54. The molecule has 0 aliphatic heterocycles. The smallest absolute Gasteiger partial charge is 0.226 e. The van der Waals surface area contributed by atoms with Crippen molar-refractivity contribution in [3.63, 3.8) is 0 Å². The first kappa shape index (κ1) is 20.5. The second-order valence-electron chi connectivity index (χ2n) is 5.59. The van der Waals surface area contributed by atoms with E-state index in [0.29, 0.717) is 27.0 Å². The molecule has 6 nitrogen and oxygen atoms in total. The number of ether oxygens (including phenoxy) is 1. The summed E-state index contributed by atoms with van der Waals surface area (Å²) in [5.41, 5.74) is 1.02. The van der Waals surface area contributed by atoms with Crippen LogP contribution in [0.1, 0.15) is 18.0 Å². The summed E-state index contributed by atoms with van der Waals surface area (Å²) in [6, 6.07) is 10.7. The van der Waals surface area contributed by atoms with E-state index in [1.807, 2.05) is 0 Å². The zero-order valence-electron chi connectivity index (χ0n) is 14.1. The lowest BCUT2D eigenvalue weighted by molar-refractivity contribution is -0.116. The van der Waals surface area contributed by atoms with Gasteiger partial charge in [-0.15, -0.1) is 0 Å². The second kappa shape index (κ2) is 8.73. The van der Waals surface area contributed by atoms with Crippen LogP contribution < -0.4 is 14.8 Å². The van der Waals surface area contributed by atoms with Gasteiger partial charge in [-0.1, -0.05) is 35.3 Å². The maximum atomic E-state index is 12.5. The quantitative estimate of drug-likeness (QED) is 0.721. The number of carbonyl (C=O) groups is 1. The first-order chi connectivity index (χ1) is 12.2. The fourth-order valence-electron chi connectivity index (χ4n) is 2.35. The summed E-state index contributed by atoms with van der Waals surface area (Å²) in [6.07, 6.45) is 0.915. The SMILES string of the molecule is COc1ccc(Cl)cc1NC(=O)CC(NS(C)(=O)=O)c1ccc(Cl)cc1. The molecule has 26 heavy (non-hydrogen) atoms. The predicted molar refractivity (Wildman–Crippen MR) is 103 cm³/mol. The van der Waals surface area contributed by atoms with Gasteiger partial charge >= 0.3 is 0 Å². The van der Waals surface area contributed by atoms with Crippen molar-refractivity contribution in [2.45, 2.75) is 12.5 Å². The summed E-state index contributed by atoms with van der Waals surface area (Å²) in [6.45, 7) is 0. The lowest BCUT2D eigenvalue weighted by atomic mass is 10.0. The molecule has 0 saturated carbocycles. The third-order valence-corrected chi connectivity index (χ3v) is 4.65. The highest BCUT2D eigenvalue weighted by molar-refractivity contribution is 7.88. The topological polar surface area (TPSA) is 84.5 Å². The Bertz CT molecular complexity index is 886. The lowest BCUT2D eigenvalue weighted by Gasteiger charge is -2.18. The molecule has 0 spiro atoms. The van der Waals surface area contributed by atoms with Crippen LogP contribution in [0.25, 0.3) is 0 Å². The van der Waals surface area contributed by atoms with E-state index in [2.05, 4.69) is 10.0 Å². The molecule has 1 atom stereocenters. The summed E-state index contributed by atoms with van der Waals surface area (Å²) < 4.78 is 31.0. The number of methoxy groups -OCH3 is 1. The van der Waals surface area contributed by atoms with Crippen LogP contribution in [0.4, 0.5) is 5.69 Å². The molecule has 0 aliphatic rings. The van der Waals surface area contributed by atoms with Gasteiger partial charge in [-0.3, -0.25) is 4.79 Å². The molecular weight excluding hydrogens is 399 g/mol. The van der Waals surface area contributed by atoms with Crippen LogP contribution in [0.15, 0.2) is 42.5 Å². The van der Waals surface area contributed by atoms with Crippen LogP contribution in [0, 0.1) is 0 Å². The van der Waals surface area contributed by atoms with Crippen LogP contribution in [-0.4, -0.2) is 27.7 Å². The van der Waals surface area contributed by atoms with Gasteiger partial charge in [0.15, 0.2) is 0 Å². The van der Waals surface area contributed by atoms with E-state index in [4.69, 9.17) is 27.9 Å². The zero-order chi connectivity index (χ0) is 19.3. The van der Waals surface area contributed by atoms with E-state index < -0.39 is 22.0 Å². The number of halogens is 2. The molecule has 0 bridgehead atoms. The number of rotatable bonds is 7. The molecule has 0 aromatic heterocycles. The summed E-state index contributed by atoms with van der Waals surface area (Å²) in [5.74, 6) is 0.0449. The number of nitrogens with one attached hydrogen (secondary N) is 2. The van der Waals surface area contributed by atoms with E-state index in [9.17, 15) is 13.2 Å². The Morgan fingerprint density at radius 2 is 1.73 bits per heavy atom. The maximum absolute atomic E-state index is 12.5. The minimum absolute atomic E-state index is 0.121. The number of benzene rings is 2. The molecule has 2 aromatic rings. The fraction of sp³-hybridized carbons (Fsp3) is 0.235. The summed E-state index contributed by atoms with van der Waals surface area (Å²) in [4.78, 5) is 12.5. The molecular formula is C17H18Cl2N2O4S. The monoisotopic (exact) mass is 416 g/mol. The Hall–Kier alpha value is -1.80. The van der Waals surface area contributed by atoms with Crippen molar-refractivity contribution in [2.75, 3.05) is 18.7 Å². The van der Waals surface area contributed by atoms with Crippen molar-refractivity contribution in [3.8, 4) is 5.75 Å². The molecule has 0 radical (unpaired) electrons. The normalized spacial score (nSPS) is 12.5. The molecule has 140 valence electrons. The van der Waals surface area contributed by atoms with Gasteiger partial charge in [0, 0.05) is 16.5 Å². The van der Waals surface area contributed by atoms with Crippen molar-refractivity contribution < 1.29 is 17.9 Å². The largest absolute Gasteiger partial charge is 0.495 e. The number of anilines is 1. The van der Waals surface area contributed by atoms with Crippen molar-refractivity contribution in [1.29, 1.82) is 0 Å². The molecule has 0 saturated heterocycles. The highest BCUT2D eigenvalue weighted by atomic mass is 35.5. The Morgan fingerprint density at radius 1 is 1.12 bits per heavy atom. The maximum Gasteiger partial charge on any atom is 0.226 e. The standard InChI is InChI=1S/C17H18Cl2N2O4S/c1-25-16-8-7-13(19)9-15(16)20-17(22)10-14(21-26(2,23)24)11-3-5-12(18)6-4-11/h3-9,14,21H,10H2,1-2H3,(H,20,22). The van der Waals surface area contributed by atoms with Crippen LogP contribution in [0.2, 0.25) is 10.0 Å². The van der Waals surface area contributed by atoms with Gasteiger partial charge in [-0.05, 0) is 35.9 Å². The lowest BCUT2D eigenvalue weighted by Crippen LogP contribution is -2.30. The Balaban J connectivity index is 2.21. The van der Waals surface area contributed by atoms with Gasteiger partial charge in [-0.25, -0.2) is 13.1 Å². The van der Waals surface area contributed by atoms with E-state index in [1.54, 1.807) is 42.5 Å². The van der Waals surface area contributed by atoms with E-state index in [-0.39, 0.29) is 6.42 Å². The minimum atomic E-state index is -3.53. The molecule has 2 rings (SSSR count). The number of hydrogen-bond donors (Lipinski definition) is 2. The van der Waals surface area contributed by atoms with Crippen LogP contribution >= 0.6 is 23.2 Å². The highest BCUT2D eigenvalue weighted by Crippen LogP contribution is 2.28. The number of carbonyl (C=O) groups excluding carboxylic acids is 1. The molecule has 1 unspecified atom stereocenters. The van der Waals surface area contributed by atoms with Crippen molar-refractivity contribution >= 4 is 44.8 Å². The van der Waals surface area contributed by atoms with E-state index in [1.165, 1.54) is 7.11 Å². The van der Waals surface area contributed by atoms with Crippen molar-refractivity contribution in [3.05, 3.63) is 58.1 Å². The molecule has 9 heteroatoms. The van der Waals surface area contributed by atoms with Crippen LogP contribution in [0.3, 0.4) is 0 Å². The molecule has 2 aromatic carbocycles. The molecule has 0 heterocycles. The van der Waals surface area contributed by atoms with Gasteiger partial charge in [0.05, 0.1) is 25.1 Å². The Kier molecular flexibility index (Phi) is 6.88. The third kappa shape index (κ3) is 6.17. The zero-order valence-corrected chi connectivity index (χ0v) is 16.5. The van der Waals surface area contributed by atoms with Gasteiger partial charge < -0.3 is 10.1 Å². The average molecular weight is 417 g/mol. The van der Waals surface area contributed by atoms with Gasteiger partial charge in [-0.2, -0.15) is 0 Å². The summed E-state index contributed by atoms with van der Waals surface area (Å²) in [7, 11) is -2.06. The number of amides is 1. The van der Waals surface area contributed by atoms with Crippen molar-refractivity contribution in [2.24, 2.45) is 0 Å². The summed E-state index contributed by atoms with van der Waals surface area (Å²) in [5, 5.41) is 3.64. The van der Waals surface area contributed by atoms with E-state index in [0.717, 1.165) is 6.26 Å². The molecule has 2 N–H and O–H groups in total. The first-order valence-electron chi connectivity index (χ1n) is 7.54. The molecule has 0 fully saturated rings. The first-order valence-corrected chi connectivity index (χ1v) is 10.2. The number of hydrogen-bond acceptors (Lipinski definition) is 4. The highest BCUT2D eigenvalue weighted by Gasteiger charge is 2.20. The number of sulfonamides is 1. The summed E-state index contributed by atoms with van der Waals surface area (Å²) >= 11 is 11.8.